The van der Waals surface area contributed by atoms with Crippen LogP contribution in [0.4, 0.5) is 0 Å². The molecule has 0 spiro atoms. The van der Waals surface area contributed by atoms with Crippen LogP contribution in [0.2, 0.25) is 0 Å². The summed E-state index contributed by atoms with van der Waals surface area (Å²) in [6.07, 6.45) is 14.0. The number of ketones is 1. The fourth-order valence-electron chi connectivity index (χ4n) is 8.38. The maximum Gasteiger partial charge on any atom is 0.155 e. The summed E-state index contributed by atoms with van der Waals surface area (Å²) >= 11 is 0. The monoisotopic (exact) mass is 351 g/mol. The normalized spacial score (nSPS) is 50.3. The van der Waals surface area contributed by atoms with Crippen LogP contribution in [-0.2, 0) is 4.79 Å². The Bertz CT molecular complexity index is 697. The molecule has 2 nitrogen and oxygen atoms in total. The highest BCUT2D eigenvalue weighted by Crippen LogP contribution is 2.71. The van der Waals surface area contributed by atoms with Gasteiger partial charge in [0.05, 0.1) is 11.5 Å². The molecule has 0 unspecified atom stereocenters. The van der Waals surface area contributed by atoms with E-state index in [4.69, 9.17) is 0 Å². The molecule has 0 N–H and O–H groups in total. The van der Waals surface area contributed by atoms with Gasteiger partial charge in [-0.05, 0) is 112 Å². The van der Waals surface area contributed by atoms with Crippen molar-refractivity contribution < 1.29 is 4.79 Å². The molecule has 7 atom stereocenters. The van der Waals surface area contributed by atoms with Gasteiger partial charge >= 0.3 is 0 Å². The molecule has 5 aliphatic carbocycles. The van der Waals surface area contributed by atoms with Crippen molar-refractivity contribution in [1.82, 2.24) is 0 Å². The summed E-state index contributed by atoms with van der Waals surface area (Å²) in [5, 5.41) is 10.1. The van der Waals surface area contributed by atoms with Crippen LogP contribution in [0.1, 0.15) is 78.1 Å². The van der Waals surface area contributed by atoms with E-state index in [0.29, 0.717) is 11.7 Å². The molecule has 26 heavy (non-hydrogen) atoms. The van der Waals surface area contributed by atoms with Crippen LogP contribution >= 0.6 is 0 Å². The van der Waals surface area contributed by atoms with Crippen molar-refractivity contribution in [1.29, 1.82) is 5.26 Å². The molecule has 0 aromatic heterocycles. The van der Waals surface area contributed by atoms with E-state index in [-0.39, 0.29) is 10.8 Å². The minimum absolute atomic E-state index is 0.121. The summed E-state index contributed by atoms with van der Waals surface area (Å²) in [4.78, 5) is 12.1. The number of hydrogen-bond acceptors (Lipinski definition) is 2. The van der Waals surface area contributed by atoms with Gasteiger partial charge in [-0.3, -0.25) is 4.79 Å². The Balaban J connectivity index is 1.56. The number of rotatable bonds is 2. The highest BCUT2D eigenvalue weighted by atomic mass is 16.1. The lowest BCUT2D eigenvalue weighted by Gasteiger charge is -2.58. The molecule has 5 aliphatic rings. The van der Waals surface area contributed by atoms with Crippen LogP contribution in [0.25, 0.3) is 0 Å². The Morgan fingerprint density at radius 1 is 1.15 bits per heavy atom. The lowest BCUT2D eigenvalue weighted by molar-refractivity contribution is -0.117. The lowest BCUT2D eigenvalue weighted by atomic mass is 9.45. The zero-order valence-electron chi connectivity index (χ0n) is 16.5. The molecule has 0 heterocycles. The maximum absolute atomic E-state index is 12.1. The zero-order chi connectivity index (χ0) is 18.1. The SMILES string of the molecule is CC[C@]12CC[C@H]3[C@@H]([C@@H](C4CC4)CC4=CC(=O)CC[C@@H]43)[C@@H]1CC[C@]2(C)C#N. The minimum atomic E-state index is -0.121. The predicted octanol–water partition coefficient (Wildman–Crippen LogP) is 5.68. The van der Waals surface area contributed by atoms with Gasteiger partial charge in [0, 0.05) is 6.42 Å². The first-order valence-corrected chi connectivity index (χ1v) is 11.2. The third-order valence-corrected chi connectivity index (χ3v) is 9.76. The van der Waals surface area contributed by atoms with E-state index in [1.54, 1.807) is 0 Å². The van der Waals surface area contributed by atoms with Crippen LogP contribution in [0.15, 0.2) is 11.6 Å². The molecule has 0 bridgehead atoms. The fourth-order valence-corrected chi connectivity index (χ4v) is 8.38. The van der Waals surface area contributed by atoms with Crippen LogP contribution < -0.4 is 0 Å². The highest BCUT2D eigenvalue weighted by molar-refractivity contribution is 5.91. The quantitative estimate of drug-likeness (QED) is 0.642. The molecule has 4 saturated carbocycles. The maximum atomic E-state index is 12.1. The van der Waals surface area contributed by atoms with Gasteiger partial charge in [-0.2, -0.15) is 5.26 Å². The molecule has 140 valence electrons. The number of carbonyl (C=O) groups excluding carboxylic acids is 1. The molecule has 0 amide bonds. The van der Waals surface area contributed by atoms with Crippen molar-refractivity contribution in [2.24, 2.45) is 46.3 Å². The third kappa shape index (κ3) is 2.12. The molecule has 5 rings (SSSR count). The topological polar surface area (TPSA) is 40.9 Å². The number of allylic oxidation sites excluding steroid dienone is 1. The molecule has 0 aliphatic heterocycles. The van der Waals surface area contributed by atoms with Crippen molar-refractivity contribution in [3.8, 4) is 6.07 Å². The first kappa shape index (κ1) is 17.0. The standard InChI is InChI=1S/C24H33NO/c1-3-24-11-8-19-18-7-6-17(26)12-16(18)13-20(15-4-5-15)22(19)21(24)9-10-23(24,2)14-25/h12,15,18-22H,3-11,13H2,1-2H3/t18-,19+,20+,21-,22-,23+,24-/m0/s1. The van der Waals surface area contributed by atoms with Crippen LogP contribution in [0, 0.1) is 57.7 Å². The van der Waals surface area contributed by atoms with E-state index in [1.807, 2.05) is 0 Å². The number of hydrogen-bond donors (Lipinski definition) is 0. The van der Waals surface area contributed by atoms with Crippen molar-refractivity contribution in [2.75, 3.05) is 0 Å². The molecule has 4 fully saturated rings. The van der Waals surface area contributed by atoms with E-state index < -0.39 is 0 Å². The summed E-state index contributed by atoms with van der Waals surface area (Å²) in [5.41, 5.74) is 1.65. The second-order valence-corrected chi connectivity index (χ2v) is 10.4. The van der Waals surface area contributed by atoms with Crippen molar-refractivity contribution in [3.05, 3.63) is 11.6 Å². The van der Waals surface area contributed by atoms with Gasteiger partial charge in [-0.1, -0.05) is 12.5 Å². The predicted molar refractivity (Wildman–Crippen MR) is 102 cm³/mol. The molecule has 0 saturated heterocycles. The van der Waals surface area contributed by atoms with Crippen LogP contribution in [-0.4, -0.2) is 5.78 Å². The third-order valence-electron chi connectivity index (χ3n) is 9.76. The Hall–Kier alpha value is -1.10. The Morgan fingerprint density at radius 2 is 1.96 bits per heavy atom. The van der Waals surface area contributed by atoms with Crippen LogP contribution in [0.5, 0.6) is 0 Å². The smallest absolute Gasteiger partial charge is 0.155 e. The fraction of sp³-hybridized carbons (Fsp3) is 0.833. The first-order valence-electron chi connectivity index (χ1n) is 11.2. The average molecular weight is 352 g/mol. The Kier molecular flexibility index (Phi) is 3.73. The van der Waals surface area contributed by atoms with Gasteiger partial charge in [-0.25, -0.2) is 0 Å². The van der Waals surface area contributed by atoms with Gasteiger partial charge in [0.25, 0.3) is 0 Å². The van der Waals surface area contributed by atoms with E-state index in [2.05, 4.69) is 26.0 Å². The summed E-state index contributed by atoms with van der Waals surface area (Å²) in [6.45, 7) is 4.63. The second kappa shape index (κ2) is 5.70. The highest BCUT2D eigenvalue weighted by Gasteiger charge is 2.65. The second-order valence-electron chi connectivity index (χ2n) is 10.4. The summed E-state index contributed by atoms with van der Waals surface area (Å²) in [5.74, 6) is 5.12. The van der Waals surface area contributed by atoms with Gasteiger partial charge in [0.1, 0.15) is 0 Å². The van der Waals surface area contributed by atoms with Gasteiger partial charge < -0.3 is 0 Å². The number of fused-ring (bicyclic) bond motifs is 5. The van der Waals surface area contributed by atoms with Crippen molar-refractivity contribution in [3.63, 3.8) is 0 Å². The van der Waals surface area contributed by atoms with Gasteiger partial charge in [0.2, 0.25) is 0 Å². The molecule has 0 aromatic rings. The first-order chi connectivity index (χ1) is 12.5. The van der Waals surface area contributed by atoms with E-state index in [0.717, 1.165) is 48.9 Å². The van der Waals surface area contributed by atoms with Crippen molar-refractivity contribution in [2.45, 2.75) is 78.1 Å². The van der Waals surface area contributed by atoms with Crippen molar-refractivity contribution >= 4 is 5.78 Å². The molecule has 2 heteroatoms. The summed E-state index contributed by atoms with van der Waals surface area (Å²) in [6, 6.07) is 2.79. The zero-order valence-corrected chi connectivity index (χ0v) is 16.5. The van der Waals surface area contributed by atoms with E-state index in [1.165, 1.54) is 50.5 Å². The molecular formula is C24H33NO. The average Bonchev–Trinajstić information content (AvgIpc) is 3.45. The van der Waals surface area contributed by atoms with Gasteiger partial charge in [-0.15, -0.1) is 0 Å². The number of nitriles is 1. The van der Waals surface area contributed by atoms with Crippen LogP contribution in [0.3, 0.4) is 0 Å². The molecular weight excluding hydrogens is 318 g/mol. The summed E-state index contributed by atoms with van der Waals surface area (Å²) in [7, 11) is 0. The summed E-state index contributed by atoms with van der Waals surface area (Å²) < 4.78 is 0. The molecule has 0 radical (unpaired) electrons. The Labute approximate surface area is 158 Å². The lowest BCUT2D eigenvalue weighted by Crippen LogP contribution is -2.53. The molecule has 0 aromatic carbocycles. The Morgan fingerprint density at radius 3 is 2.65 bits per heavy atom. The number of nitrogens with zero attached hydrogens (tertiary/aromatic N) is 1. The van der Waals surface area contributed by atoms with Gasteiger partial charge in [0.15, 0.2) is 5.78 Å². The minimum Gasteiger partial charge on any atom is -0.295 e. The largest absolute Gasteiger partial charge is 0.295 e. The van der Waals surface area contributed by atoms with E-state index >= 15 is 0 Å². The van der Waals surface area contributed by atoms with E-state index in [9.17, 15) is 10.1 Å². The number of carbonyl (C=O) groups is 1.